The first-order chi connectivity index (χ1) is 7.23. The second kappa shape index (κ2) is 3.32. The fraction of sp³-hybridized carbons (Fsp3) is 0.273. The van der Waals surface area contributed by atoms with Crippen molar-refractivity contribution >= 4 is 27.0 Å². The highest BCUT2D eigenvalue weighted by Gasteiger charge is 2.34. The number of nitrogens with two attached hydrogens (primary N) is 1. The van der Waals surface area contributed by atoms with Crippen LogP contribution in [-0.2, 0) is 9.84 Å². The third kappa shape index (κ3) is 1.67. The SMILES string of the molecule is CC(C)(N)C1=CS(=O)(=O)c2cccc(Cl)c21. The van der Waals surface area contributed by atoms with Crippen molar-refractivity contribution in [3.05, 3.63) is 34.2 Å². The van der Waals surface area contributed by atoms with Crippen molar-refractivity contribution in [2.45, 2.75) is 24.3 Å². The largest absolute Gasteiger partial charge is 0.322 e. The van der Waals surface area contributed by atoms with E-state index in [-0.39, 0.29) is 4.90 Å². The topological polar surface area (TPSA) is 60.2 Å². The van der Waals surface area contributed by atoms with Crippen molar-refractivity contribution in [2.75, 3.05) is 0 Å². The van der Waals surface area contributed by atoms with Crippen molar-refractivity contribution in [3.8, 4) is 0 Å². The second-order valence-electron chi connectivity index (χ2n) is 4.41. The van der Waals surface area contributed by atoms with Crippen LogP contribution in [0, 0.1) is 0 Å². The normalized spacial score (nSPS) is 18.1. The Kier molecular flexibility index (Phi) is 2.42. The first-order valence-corrected chi connectivity index (χ1v) is 6.71. The number of rotatable bonds is 1. The van der Waals surface area contributed by atoms with E-state index in [9.17, 15) is 8.42 Å². The second-order valence-corrected chi connectivity index (χ2v) is 6.58. The molecule has 0 fully saturated rings. The molecule has 0 saturated heterocycles. The summed E-state index contributed by atoms with van der Waals surface area (Å²) in [5, 5.41) is 1.63. The zero-order chi connectivity index (χ0) is 12.1. The lowest BCUT2D eigenvalue weighted by molar-refractivity contribution is 0.605. The van der Waals surface area contributed by atoms with Crippen LogP contribution in [0.4, 0.5) is 0 Å². The van der Waals surface area contributed by atoms with Crippen LogP contribution in [0.3, 0.4) is 0 Å². The number of benzene rings is 1. The average Bonchev–Trinajstić information content (AvgIpc) is 2.39. The zero-order valence-electron chi connectivity index (χ0n) is 8.99. The molecule has 0 atom stereocenters. The van der Waals surface area contributed by atoms with Crippen molar-refractivity contribution in [1.29, 1.82) is 0 Å². The molecular formula is C11H12ClNO2S. The molecular weight excluding hydrogens is 246 g/mol. The molecule has 1 aliphatic heterocycles. The maximum atomic E-state index is 11.9. The van der Waals surface area contributed by atoms with E-state index in [0.29, 0.717) is 16.2 Å². The van der Waals surface area contributed by atoms with Gasteiger partial charge in [0.1, 0.15) is 0 Å². The quantitative estimate of drug-likeness (QED) is 0.839. The number of fused-ring (bicyclic) bond motifs is 1. The van der Waals surface area contributed by atoms with Crippen LogP contribution in [0.5, 0.6) is 0 Å². The van der Waals surface area contributed by atoms with E-state index in [2.05, 4.69) is 0 Å². The van der Waals surface area contributed by atoms with Crippen LogP contribution in [0.1, 0.15) is 19.4 Å². The van der Waals surface area contributed by atoms with Crippen LogP contribution in [0.25, 0.3) is 5.57 Å². The molecule has 0 unspecified atom stereocenters. The van der Waals surface area contributed by atoms with Crippen LogP contribution < -0.4 is 5.73 Å². The van der Waals surface area contributed by atoms with Crippen LogP contribution >= 0.6 is 11.6 Å². The van der Waals surface area contributed by atoms with Gasteiger partial charge in [-0.25, -0.2) is 8.42 Å². The highest BCUT2D eigenvalue weighted by Crippen LogP contribution is 2.41. The lowest BCUT2D eigenvalue weighted by Gasteiger charge is -2.21. The summed E-state index contributed by atoms with van der Waals surface area (Å²) in [5.41, 5.74) is 6.32. The molecule has 86 valence electrons. The first-order valence-electron chi connectivity index (χ1n) is 4.78. The summed E-state index contributed by atoms with van der Waals surface area (Å²) in [6, 6.07) is 4.84. The van der Waals surface area contributed by atoms with Crippen molar-refractivity contribution < 1.29 is 8.42 Å². The van der Waals surface area contributed by atoms with E-state index in [1.165, 1.54) is 5.41 Å². The Bertz CT molecular complexity index is 582. The summed E-state index contributed by atoms with van der Waals surface area (Å²) in [6.45, 7) is 3.51. The lowest BCUT2D eigenvalue weighted by atomic mass is 9.91. The molecule has 1 aliphatic rings. The van der Waals surface area contributed by atoms with Gasteiger partial charge in [0, 0.05) is 21.5 Å². The van der Waals surface area contributed by atoms with Crippen LogP contribution in [0.15, 0.2) is 28.5 Å². The number of hydrogen-bond donors (Lipinski definition) is 1. The van der Waals surface area contributed by atoms with Gasteiger partial charge in [-0.2, -0.15) is 0 Å². The Morgan fingerprint density at radius 2 is 1.94 bits per heavy atom. The standard InChI is InChI=1S/C11H12ClNO2S/c1-11(2,13)7-6-16(14,15)9-5-3-4-8(12)10(7)9/h3-6H,13H2,1-2H3. The minimum absolute atomic E-state index is 0.244. The summed E-state index contributed by atoms with van der Waals surface area (Å²) in [6.07, 6.45) is 0. The maximum absolute atomic E-state index is 11.9. The van der Waals surface area contributed by atoms with Gasteiger partial charge in [-0.3, -0.25) is 0 Å². The van der Waals surface area contributed by atoms with Gasteiger partial charge in [0.25, 0.3) is 0 Å². The Morgan fingerprint density at radius 3 is 2.50 bits per heavy atom. The van der Waals surface area contributed by atoms with E-state index >= 15 is 0 Å². The minimum atomic E-state index is -3.39. The van der Waals surface area contributed by atoms with Crippen molar-refractivity contribution in [1.82, 2.24) is 0 Å². The summed E-state index contributed by atoms with van der Waals surface area (Å²) >= 11 is 6.04. The summed E-state index contributed by atoms with van der Waals surface area (Å²) in [7, 11) is -3.39. The third-order valence-electron chi connectivity index (χ3n) is 2.52. The minimum Gasteiger partial charge on any atom is -0.322 e. The predicted molar refractivity (Wildman–Crippen MR) is 64.9 cm³/mol. The predicted octanol–water partition coefficient (Wildman–Crippen LogP) is 2.21. The molecule has 2 N–H and O–H groups in total. The molecule has 0 spiro atoms. The van der Waals surface area contributed by atoms with Crippen LogP contribution in [-0.4, -0.2) is 14.0 Å². The van der Waals surface area contributed by atoms with Gasteiger partial charge in [0.2, 0.25) is 9.84 Å². The molecule has 0 radical (unpaired) electrons. The molecule has 0 bridgehead atoms. The first kappa shape index (κ1) is 11.6. The molecule has 0 aliphatic carbocycles. The van der Waals surface area contributed by atoms with Gasteiger partial charge >= 0.3 is 0 Å². The van der Waals surface area contributed by atoms with E-state index in [4.69, 9.17) is 17.3 Å². The third-order valence-corrected chi connectivity index (χ3v) is 4.33. The summed E-state index contributed by atoms with van der Waals surface area (Å²) in [5.74, 6) is 0. The highest BCUT2D eigenvalue weighted by molar-refractivity contribution is 7.95. The number of hydrogen-bond acceptors (Lipinski definition) is 3. The van der Waals surface area contributed by atoms with Gasteiger partial charge in [0.05, 0.1) is 4.90 Å². The van der Waals surface area contributed by atoms with Crippen molar-refractivity contribution in [3.63, 3.8) is 0 Å². The van der Waals surface area contributed by atoms with Gasteiger partial charge in [0.15, 0.2) is 0 Å². The Labute approximate surface area is 99.8 Å². The average molecular weight is 258 g/mol. The van der Waals surface area contributed by atoms with E-state index < -0.39 is 15.4 Å². The van der Waals surface area contributed by atoms with E-state index in [1.54, 1.807) is 32.0 Å². The number of halogens is 1. The van der Waals surface area contributed by atoms with E-state index in [1.807, 2.05) is 0 Å². The fourth-order valence-electron chi connectivity index (χ4n) is 1.75. The summed E-state index contributed by atoms with van der Waals surface area (Å²) < 4.78 is 23.7. The molecule has 0 aromatic heterocycles. The van der Waals surface area contributed by atoms with Crippen LogP contribution in [0.2, 0.25) is 5.02 Å². The molecule has 5 heteroatoms. The molecule has 1 heterocycles. The Hall–Kier alpha value is -0.840. The molecule has 0 amide bonds. The summed E-state index contributed by atoms with van der Waals surface area (Å²) in [4.78, 5) is 0.244. The molecule has 2 rings (SSSR count). The van der Waals surface area contributed by atoms with Gasteiger partial charge in [-0.1, -0.05) is 17.7 Å². The lowest BCUT2D eigenvalue weighted by Crippen LogP contribution is -2.33. The van der Waals surface area contributed by atoms with E-state index in [0.717, 1.165) is 0 Å². The monoisotopic (exact) mass is 257 g/mol. The molecule has 16 heavy (non-hydrogen) atoms. The molecule has 0 saturated carbocycles. The highest BCUT2D eigenvalue weighted by atomic mass is 35.5. The Morgan fingerprint density at radius 1 is 1.31 bits per heavy atom. The van der Waals surface area contributed by atoms with Crippen molar-refractivity contribution in [2.24, 2.45) is 5.73 Å². The van der Waals surface area contributed by atoms with Gasteiger partial charge in [-0.15, -0.1) is 0 Å². The smallest absolute Gasteiger partial charge is 0.200 e. The molecule has 1 aromatic rings. The maximum Gasteiger partial charge on any atom is 0.200 e. The molecule has 3 nitrogen and oxygen atoms in total. The zero-order valence-corrected chi connectivity index (χ0v) is 10.6. The fourth-order valence-corrected chi connectivity index (χ4v) is 3.72. The Balaban J connectivity index is 2.82. The number of sulfone groups is 1. The molecule has 1 aromatic carbocycles. The van der Waals surface area contributed by atoms with Gasteiger partial charge < -0.3 is 5.73 Å². The van der Waals surface area contributed by atoms with Gasteiger partial charge in [-0.05, 0) is 31.6 Å².